The molecule has 1 aromatic carbocycles. The maximum Gasteiger partial charge on any atom is 0.172 e. The zero-order valence-electron chi connectivity index (χ0n) is 11.1. The Morgan fingerprint density at radius 1 is 1.32 bits per heavy atom. The Bertz CT molecular complexity index is 471. The highest BCUT2D eigenvalue weighted by atomic mass is 79.9. The second-order valence-electron chi connectivity index (χ2n) is 4.56. The van der Waals surface area contributed by atoms with Gasteiger partial charge in [0.2, 0.25) is 0 Å². The standard InChI is InChI=1S/C13H18BrN3O2/c1-16-3-5-17(6-4-16)15-9-10-7-11(14)13(18)12(8-10)19-2/h7-9,18H,3-6H2,1-2H3. The predicted molar refractivity (Wildman–Crippen MR) is 79.0 cm³/mol. The molecular formula is C13H18BrN3O2. The van der Waals surface area contributed by atoms with E-state index in [9.17, 15) is 5.11 Å². The Kier molecular flexibility index (Phi) is 4.66. The van der Waals surface area contributed by atoms with E-state index in [1.165, 1.54) is 7.11 Å². The summed E-state index contributed by atoms with van der Waals surface area (Å²) >= 11 is 3.30. The van der Waals surface area contributed by atoms with Crippen LogP contribution in [-0.2, 0) is 0 Å². The molecule has 1 fully saturated rings. The molecule has 0 amide bonds. The van der Waals surface area contributed by atoms with E-state index in [1.54, 1.807) is 12.3 Å². The third kappa shape index (κ3) is 3.61. The van der Waals surface area contributed by atoms with Gasteiger partial charge in [0, 0.05) is 26.2 Å². The summed E-state index contributed by atoms with van der Waals surface area (Å²) in [4.78, 5) is 2.28. The van der Waals surface area contributed by atoms with Gasteiger partial charge in [0.05, 0.1) is 17.8 Å². The second-order valence-corrected chi connectivity index (χ2v) is 5.41. The van der Waals surface area contributed by atoms with Crippen LogP contribution in [0, 0.1) is 0 Å². The molecule has 19 heavy (non-hydrogen) atoms. The van der Waals surface area contributed by atoms with Crippen molar-refractivity contribution in [2.45, 2.75) is 0 Å². The normalized spacial score (nSPS) is 17.1. The van der Waals surface area contributed by atoms with Crippen molar-refractivity contribution in [3.63, 3.8) is 0 Å². The molecule has 0 unspecified atom stereocenters. The number of nitrogens with zero attached hydrogens (tertiary/aromatic N) is 3. The van der Waals surface area contributed by atoms with Gasteiger partial charge < -0.3 is 14.7 Å². The topological polar surface area (TPSA) is 48.3 Å². The minimum absolute atomic E-state index is 0.110. The van der Waals surface area contributed by atoms with Crippen LogP contribution in [0.25, 0.3) is 0 Å². The number of hydrazone groups is 1. The van der Waals surface area contributed by atoms with Crippen molar-refractivity contribution in [3.05, 3.63) is 22.2 Å². The van der Waals surface area contributed by atoms with Crippen molar-refractivity contribution >= 4 is 22.1 Å². The molecule has 0 aliphatic carbocycles. The van der Waals surface area contributed by atoms with Crippen LogP contribution in [0.5, 0.6) is 11.5 Å². The molecule has 1 heterocycles. The highest BCUT2D eigenvalue weighted by molar-refractivity contribution is 9.10. The van der Waals surface area contributed by atoms with Gasteiger partial charge >= 0.3 is 0 Å². The number of aromatic hydroxyl groups is 1. The van der Waals surface area contributed by atoms with Gasteiger partial charge in [0.25, 0.3) is 0 Å². The highest BCUT2D eigenvalue weighted by Crippen LogP contribution is 2.34. The van der Waals surface area contributed by atoms with E-state index >= 15 is 0 Å². The first-order chi connectivity index (χ1) is 9.10. The van der Waals surface area contributed by atoms with Crippen molar-refractivity contribution in [1.82, 2.24) is 9.91 Å². The smallest absolute Gasteiger partial charge is 0.172 e. The lowest BCUT2D eigenvalue weighted by Crippen LogP contribution is -2.41. The Morgan fingerprint density at radius 3 is 2.63 bits per heavy atom. The summed E-state index contributed by atoms with van der Waals surface area (Å²) in [5.74, 6) is 0.549. The Labute approximate surface area is 121 Å². The summed E-state index contributed by atoms with van der Waals surface area (Å²) in [6.45, 7) is 3.92. The molecule has 1 saturated heterocycles. The number of likely N-dealkylation sites (N-methyl/N-ethyl adjacent to an activating group) is 1. The second kappa shape index (κ2) is 6.25. The number of phenolic OH excluding ortho intramolecular Hbond substituents is 1. The quantitative estimate of drug-likeness (QED) is 0.859. The summed E-state index contributed by atoms with van der Waals surface area (Å²) in [7, 11) is 3.64. The molecule has 0 atom stereocenters. The van der Waals surface area contributed by atoms with Crippen LogP contribution in [0.2, 0.25) is 0 Å². The van der Waals surface area contributed by atoms with Gasteiger partial charge in [-0.1, -0.05) is 0 Å². The number of methoxy groups -OCH3 is 1. The van der Waals surface area contributed by atoms with Gasteiger partial charge in [-0.2, -0.15) is 5.10 Å². The molecule has 1 aliphatic heterocycles. The van der Waals surface area contributed by atoms with E-state index in [1.807, 2.05) is 11.1 Å². The molecule has 6 heteroatoms. The number of halogens is 1. The Morgan fingerprint density at radius 2 is 2.00 bits per heavy atom. The van der Waals surface area contributed by atoms with Crippen LogP contribution in [0.15, 0.2) is 21.7 Å². The molecule has 1 aromatic rings. The van der Waals surface area contributed by atoms with Crippen LogP contribution in [0.4, 0.5) is 0 Å². The molecule has 5 nitrogen and oxygen atoms in total. The van der Waals surface area contributed by atoms with Crippen molar-refractivity contribution in [2.24, 2.45) is 5.10 Å². The van der Waals surface area contributed by atoms with Crippen LogP contribution in [0.3, 0.4) is 0 Å². The third-order valence-corrected chi connectivity index (χ3v) is 3.72. The van der Waals surface area contributed by atoms with Gasteiger partial charge in [-0.15, -0.1) is 0 Å². The van der Waals surface area contributed by atoms with Gasteiger partial charge in [0.1, 0.15) is 0 Å². The van der Waals surface area contributed by atoms with E-state index < -0.39 is 0 Å². The molecule has 0 radical (unpaired) electrons. The van der Waals surface area contributed by atoms with Gasteiger partial charge in [0.15, 0.2) is 11.5 Å². The van der Waals surface area contributed by atoms with E-state index in [2.05, 4.69) is 33.0 Å². The molecule has 1 N–H and O–H groups in total. The maximum atomic E-state index is 9.74. The molecule has 0 bridgehead atoms. The molecular weight excluding hydrogens is 310 g/mol. The number of hydrogen-bond acceptors (Lipinski definition) is 5. The summed E-state index contributed by atoms with van der Waals surface area (Å²) in [5.41, 5.74) is 0.889. The molecule has 0 spiro atoms. The minimum Gasteiger partial charge on any atom is -0.503 e. The summed E-state index contributed by atoms with van der Waals surface area (Å²) in [6, 6.07) is 3.58. The van der Waals surface area contributed by atoms with Crippen molar-refractivity contribution in [2.75, 3.05) is 40.3 Å². The molecule has 1 aliphatic rings. The lowest BCUT2D eigenvalue weighted by molar-refractivity contribution is 0.159. The van der Waals surface area contributed by atoms with E-state index in [-0.39, 0.29) is 5.75 Å². The minimum atomic E-state index is 0.110. The van der Waals surface area contributed by atoms with Crippen LogP contribution >= 0.6 is 15.9 Å². The molecule has 2 rings (SSSR count). The molecule has 0 saturated carbocycles. The van der Waals surface area contributed by atoms with Gasteiger partial charge in [-0.25, -0.2) is 0 Å². The summed E-state index contributed by atoms with van der Waals surface area (Å²) < 4.78 is 5.71. The van der Waals surface area contributed by atoms with Gasteiger partial charge in [-0.05, 0) is 40.7 Å². The lowest BCUT2D eigenvalue weighted by atomic mass is 10.2. The van der Waals surface area contributed by atoms with Crippen molar-refractivity contribution < 1.29 is 9.84 Å². The monoisotopic (exact) mass is 327 g/mol. The fraction of sp³-hybridized carbons (Fsp3) is 0.462. The lowest BCUT2D eigenvalue weighted by Gasteiger charge is -2.30. The zero-order chi connectivity index (χ0) is 13.8. The SMILES string of the molecule is COc1cc(C=NN2CCN(C)CC2)cc(Br)c1O. The first-order valence-electron chi connectivity index (χ1n) is 6.14. The number of ether oxygens (including phenoxy) is 1. The average Bonchev–Trinajstić information content (AvgIpc) is 2.41. The van der Waals surface area contributed by atoms with Crippen molar-refractivity contribution in [3.8, 4) is 11.5 Å². The first-order valence-corrected chi connectivity index (χ1v) is 6.93. The molecule has 0 aromatic heterocycles. The third-order valence-electron chi connectivity index (χ3n) is 3.12. The summed E-state index contributed by atoms with van der Waals surface area (Å²) in [6.07, 6.45) is 1.79. The van der Waals surface area contributed by atoms with E-state index in [0.717, 1.165) is 31.7 Å². The first kappa shape index (κ1) is 14.1. The fourth-order valence-corrected chi connectivity index (χ4v) is 2.34. The fourth-order valence-electron chi connectivity index (χ4n) is 1.88. The van der Waals surface area contributed by atoms with E-state index in [4.69, 9.17) is 4.74 Å². The Balaban J connectivity index is 2.08. The largest absolute Gasteiger partial charge is 0.503 e. The molecule has 104 valence electrons. The predicted octanol–water partition coefficient (Wildman–Crippen LogP) is 1.74. The maximum absolute atomic E-state index is 9.74. The Hall–Kier alpha value is -1.27. The van der Waals surface area contributed by atoms with Crippen LogP contribution < -0.4 is 4.74 Å². The number of benzene rings is 1. The number of hydrogen-bond donors (Lipinski definition) is 1. The summed E-state index contributed by atoms with van der Waals surface area (Å²) in [5, 5.41) is 16.2. The number of rotatable bonds is 3. The van der Waals surface area contributed by atoms with E-state index in [0.29, 0.717) is 10.2 Å². The van der Waals surface area contributed by atoms with Crippen molar-refractivity contribution in [1.29, 1.82) is 0 Å². The highest BCUT2D eigenvalue weighted by Gasteiger charge is 2.11. The van der Waals surface area contributed by atoms with Gasteiger partial charge in [-0.3, -0.25) is 5.01 Å². The van der Waals surface area contributed by atoms with Crippen LogP contribution in [0.1, 0.15) is 5.56 Å². The number of phenols is 1. The van der Waals surface area contributed by atoms with Crippen LogP contribution in [-0.4, -0.2) is 61.6 Å². The zero-order valence-corrected chi connectivity index (χ0v) is 12.7. The average molecular weight is 328 g/mol. The number of piperazine rings is 1.